The van der Waals surface area contributed by atoms with E-state index in [0.717, 1.165) is 18.4 Å². The zero-order valence-corrected chi connectivity index (χ0v) is 16.3. The number of rotatable bonds is 6. The van der Waals surface area contributed by atoms with E-state index >= 15 is 0 Å². The molecule has 0 aliphatic heterocycles. The number of aromatic amines is 1. The monoisotopic (exact) mass is 390 g/mol. The predicted molar refractivity (Wildman–Crippen MR) is 111 cm³/mol. The minimum atomic E-state index is -0.240. The topological polar surface area (TPSA) is 88.5 Å². The molecule has 7 heteroatoms. The molecular weight excluding hydrogens is 368 g/mol. The van der Waals surface area contributed by atoms with Crippen molar-refractivity contribution in [2.45, 2.75) is 19.8 Å². The Morgan fingerprint density at radius 2 is 1.83 bits per heavy atom. The number of hydrogen-bond acceptors (Lipinski definition) is 4. The molecule has 1 aromatic heterocycles. The minimum absolute atomic E-state index is 0.0438. The van der Waals surface area contributed by atoms with E-state index < -0.39 is 0 Å². The zero-order chi connectivity index (χ0) is 20.4. The number of methoxy groups -OCH3 is 1. The van der Waals surface area contributed by atoms with Crippen LogP contribution in [0.15, 0.2) is 64.5 Å². The second-order valence-corrected chi connectivity index (χ2v) is 7.01. The van der Waals surface area contributed by atoms with Gasteiger partial charge >= 0.3 is 0 Å². The van der Waals surface area contributed by atoms with Gasteiger partial charge in [-0.25, -0.2) is 10.1 Å². The molecule has 1 aliphatic carbocycles. The minimum Gasteiger partial charge on any atom is -0.497 e. The van der Waals surface area contributed by atoms with Gasteiger partial charge in [0.2, 0.25) is 5.91 Å². The summed E-state index contributed by atoms with van der Waals surface area (Å²) < 4.78 is 6.66. The Morgan fingerprint density at radius 1 is 1.14 bits per heavy atom. The summed E-state index contributed by atoms with van der Waals surface area (Å²) in [6.45, 7) is 1.72. The summed E-state index contributed by atoms with van der Waals surface area (Å²) in [6, 6.07) is 16.8. The molecular formula is C22H22N4O3. The largest absolute Gasteiger partial charge is 0.497 e. The summed E-state index contributed by atoms with van der Waals surface area (Å²) in [5, 5.41) is 7.39. The highest BCUT2D eigenvalue weighted by molar-refractivity contribution is 6.04. The lowest BCUT2D eigenvalue weighted by Crippen LogP contribution is -2.24. The summed E-state index contributed by atoms with van der Waals surface area (Å²) in [5.41, 5.74) is 5.39. The van der Waals surface area contributed by atoms with E-state index in [1.165, 1.54) is 4.68 Å². The number of ether oxygens (including phenoxy) is 1. The van der Waals surface area contributed by atoms with Gasteiger partial charge in [-0.2, -0.15) is 5.10 Å². The molecule has 1 amide bonds. The molecule has 4 rings (SSSR count). The molecule has 1 fully saturated rings. The zero-order valence-electron chi connectivity index (χ0n) is 16.3. The van der Waals surface area contributed by atoms with Gasteiger partial charge < -0.3 is 4.74 Å². The molecule has 7 nitrogen and oxygen atoms in total. The van der Waals surface area contributed by atoms with Crippen molar-refractivity contribution < 1.29 is 9.53 Å². The highest BCUT2D eigenvalue weighted by Gasteiger charge is 2.29. The summed E-state index contributed by atoms with van der Waals surface area (Å²) in [6.07, 6.45) is 1.79. The lowest BCUT2D eigenvalue weighted by atomic mass is 10.1. The summed E-state index contributed by atoms with van der Waals surface area (Å²) in [4.78, 5) is 25.2. The van der Waals surface area contributed by atoms with E-state index in [9.17, 15) is 9.59 Å². The number of carbonyl (C=O) groups excluding carboxylic acids is 1. The molecule has 1 saturated carbocycles. The molecule has 0 unspecified atom stereocenters. The number of carbonyl (C=O) groups is 1. The number of amides is 1. The second-order valence-electron chi connectivity index (χ2n) is 7.01. The Labute approximate surface area is 168 Å². The van der Waals surface area contributed by atoms with Crippen LogP contribution in [0.4, 0.5) is 0 Å². The van der Waals surface area contributed by atoms with Gasteiger partial charge in [-0.3, -0.25) is 14.7 Å². The van der Waals surface area contributed by atoms with Gasteiger partial charge in [0.1, 0.15) is 5.75 Å². The van der Waals surface area contributed by atoms with E-state index in [-0.39, 0.29) is 17.4 Å². The summed E-state index contributed by atoms with van der Waals surface area (Å²) in [7, 11) is 1.59. The van der Waals surface area contributed by atoms with E-state index in [1.807, 2.05) is 30.3 Å². The Hall–Kier alpha value is -3.61. The molecule has 0 radical (unpaired) electrons. The van der Waals surface area contributed by atoms with Crippen molar-refractivity contribution in [3.05, 3.63) is 70.5 Å². The van der Waals surface area contributed by atoms with E-state index in [4.69, 9.17) is 4.74 Å². The first kappa shape index (κ1) is 18.7. The number of aromatic nitrogens is 2. The lowest BCUT2D eigenvalue weighted by molar-refractivity contribution is -0.122. The van der Waals surface area contributed by atoms with Crippen molar-refractivity contribution in [2.24, 2.45) is 11.0 Å². The fourth-order valence-electron chi connectivity index (χ4n) is 3.13. The van der Waals surface area contributed by atoms with Gasteiger partial charge in [0.05, 0.1) is 29.8 Å². The smallest absolute Gasteiger partial charge is 0.281 e. The van der Waals surface area contributed by atoms with Crippen molar-refractivity contribution in [1.29, 1.82) is 0 Å². The lowest BCUT2D eigenvalue weighted by Gasteiger charge is -2.04. The molecule has 0 bridgehead atoms. The molecule has 0 atom stereocenters. The first-order chi connectivity index (χ1) is 14.1. The van der Waals surface area contributed by atoms with Crippen LogP contribution in [-0.2, 0) is 4.79 Å². The van der Waals surface area contributed by atoms with Gasteiger partial charge in [0.25, 0.3) is 5.56 Å². The number of hydrazone groups is 1. The van der Waals surface area contributed by atoms with Crippen LogP contribution in [0.2, 0.25) is 0 Å². The standard InChI is InChI=1S/C22H22N4O3/c1-14(23-24-21(27)16-8-9-16)19-20(15-6-4-3-5-7-15)25-26(22(19)28)17-10-12-18(29-2)13-11-17/h3-7,10-13,16,25H,8-9H2,1-2H3,(H,24,27). The van der Waals surface area contributed by atoms with Crippen molar-refractivity contribution in [2.75, 3.05) is 7.11 Å². The summed E-state index contributed by atoms with van der Waals surface area (Å²) in [5.74, 6) is 0.649. The van der Waals surface area contributed by atoms with Gasteiger partial charge in [0.15, 0.2) is 0 Å². The number of hydrogen-bond donors (Lipinski definition) is 2. The van der Waals surface area contributed by atoms with Crippen molar-refractivity contribution in [1.82, 2.24) is 15.2 Å². The van der Waals surface area contributed by atoms with Crippen LogP contribution in [0, 0.1) is 5.92 Å². The molecule has 29 heavy (non-hydrogen) atoms. The van der Waals surface area contributed by atoms with Gasteiger partial charge in [0, 0.05) is 11.5 Å². The second kappa shape index (κ2) is 7.79. The Bertz CT molecular complexity index is 1110. The molecule has 1 heterocycles. The van der Waals surface area contributed by atoms with E-state index in [0.29, 0.717) is 28.4 Å². The van der Waals surface area contributed by atoms with Crippen LogP contribution in [0.25, 0.3) is 16.9 Å². The molecule has 3 aromatic rings. The number of benzene rings is 2. The highest BCUT2D eigenvalue weighted by atomic mass is 16.5. The average Bonchev–Trinajstić information content (AvgIpc) is 3.55. The van der Waals surface area contributed by atoms with Crippen LogP contribution >= 0.6 is 0 Å². The maximum absolute atomic E-state index is 13.3. The van der Waals surface area contributed by atoms with Gasteiger partial charge in [-0.15, -0.1) is 0 Å². The Kier molecular flexibility index (Phi) is 5.03. The Morgan fingerprint density at radius 3 is 2.45 bits per heavy atom. The molecule has 2 aromatic carbocycles. The third kappa shape index (κ3) is 3.85. The van der Waals surface area contributed by atoms with Crippen LogP contribution in [-0.4, -0.2) is 28.5 Å². The van der Waals surface area contributed by atoms with Gasteiger partial charge in [-0.1, -0.05) is 30.3 Å². The molecule has 0 spiro atoms. The molecule has 1 aliphatic rings. The normalized spacial score (nSPS) is 13.9. The van der Waals surface area contributed by atoms with Crippen molar-refractivity contribution in [3.63, 3.8) is 0 Å². The molecule has 0 saturated heterocycles. The van der Waals surface area contributed by atoms with Crippen LogP contribution in [0.3, 0.4) is 0 Å². The maximum Gasteiger partial charge on any atom is 0.281 e. The number of nitrogens with one attached hydrogen (secondary N) is 2. The number of H-pyrrole nitrogens is 1. The predicted octanol–water partition coefficient (Wildman–Crippen LogP) is 3.09. The fourth-order valence-corrected chi connectivity index (χ4v) is 3.13. The van der Waals surface area contributed by atoms with Gasteiger partial charge in [-0.05, 0) is 44.0 Å². The van der Waals surface area contributed by atoms with Crippen LogP contribution < -0.4 is 15.7 Å². The SMILES string of the molecule is COc1ccc(-n2[nH]c(-c3ccccc3)c(C(C)=NNC(=O)C3CC3)c2=O)cc1. The summed E-state index contributed by atoms with van der Waals surface area (Å²) >= 11 is 0. The van der Waals surface area contributed by atoms with E-state index in [1.54, 1.807) is 38.3 Å². The van der Waals surface area contributed by atoms with Crippen molar-refractivity contribution >= 4 is 11.6 Å². The van der Waals surface area contributed by atoms with Crippen LogP contribution in [0.1, 0.15) is 25.3 Å². The highest BCUT2D eigenvalue weighted by Crippen LogP contribution is 2.28. The first-order valence-electron chi connectivity index (χ1n) is 9.48. The molecule has 2 N–H and O–H groups in total. The van der Waals surface area contributed by atoms with Crippen LogP contribution in [0.5, 0.6) is 5.75 Å². The Balaban J connectivity index is 1.79. The number of nitrogens with zero attached hydrogens (tertiary/aromatic N) is 2. The maximum atomic E-state index is 13.3. The third-order valence-corrected chi connectivity index (χ3v) is 4.93. The molecule has 148 valence electrons. The third-order valence-electron chi connectivity index (χ3n) is 4.93. The first-order valence-corrected chi connectivity index (χ1v) is 9.48. The van der Waals surface area contributed by atoms with E-state index in [2.05, 4.69) is 15.6 Å². The average molecular weight is 390 g/mol. The van der Waals surface area contributed by atoms with Crippen molar-refractivity contribution in [3.8, 4) is 22.7 Å². The fraction of sp³-hybridized carbons (Fsp3) is 0.227. The quantitative estimate of drug-likeness (QED) is 0.501.